The van der Waals surface area contributed by atoms with Gasteiger partial charge in [-0.05, 0) is 41.5 Å². The number of fused-ring (bicyclic) bond motifs is 2. The molecule has 0 saturated heterocycles. The van der Waals surface area contributed by atoms with E-state index in [0.29, 0.717) is 18.1 Å². The van der Waals surface area contributed by atoms with Crippen LogP contribution in [0, 0.1) is 0 Å². The van der Waals surface area contributed by atoms with Gasteiger partial charge in [0.15, 0.2) is 0 Å². The van der Waals surface area contributed by atoms with Crippen LogP contribution >= 0.6 is 22.9 Å². The first kappa shape index (κ1) is 20.8. The lowest BCUT2D eigenvalue weighted by Gasteiger charge is -2.05. The third-order valence-electron chi connectivity index (χ3n) is 5.55. The van der Waals surface area contributed by atoms with E-state index in [1.54, 1.807) is 23.7 Å². The first-order valence-corrected chi connectivity index (χ1v) is 12.1. The van der Waals surface area contributed by atoms with Crippen LogP contribution < -0.4 is 5.32 Å². The summed E-state index contributed by atoms with van der Waals surface area (Å²) in [6, 6.07) is 18.2. The second kappa shape index (κ2) is 8.89. The molecular weight excluding hydrogens is 466 g/mol. The third-order valence-corrected chi connectivity index (χ3v) is 6.83. The fourth-order valence-electron chi connectivity index (χ4n) is 3.92. The predicted molar refractivity (Wildman–Crippen MR) is 136 cm³/mol. The topological polar surface area (TPSA) is 73.5 Å². The molecule has 0 fully saturated rings. The summed E-state index contributed by atoms with van der Waals surface area (Å²) >= 11 is 7.74. The van der Waals surface area contributed by atoms with Crippen molar-refractivity contribution in [3.63, 3.8) is 0 Å². The van der Waals surface area contributed by atoms with Gasteiger partial charge < -0.3 is 5.32 Å². The highest BCUT2D eigenvalue weighted by Gasteiger charge is 2.10. The largest absolute Gasteiger partial charge is 0.363 e. The Bertz CT molecular complexity index is 1570. The van der Waals surface area contributed by atoms with Gasteiger partial charge in [0, 0.05) is 29.8 Å². The van der Waals surface area contributed by atoms with Crippen LogP contribution in [0.15, 0.2) is 79.4 Å². The Balaban J connectivity index is 1.17. The Morgan fingerprint density at radius 3 is 2.53 bits per heavy atom. The molecule has 9 heteroatoms. The van der Waals surface area contributed by atoms with E-state index in [9.17, 15) is 0 Å². The number of aromatic nitrogens is 6. The summed E-state index contributed by atoms with van der Waals surface area (Å²) < 4.78 is 5.00. The Morgan fingerprint density at radius 1 is 0.912 bits per heavy atom. The number of anilines is 1. The molecule has 168 valence electrons. The van der Waals surface area contributed by atoms with E-state index in [1.807, 2.05) is 52.1 Å². The zero-order chi connectivity index (χ0) is 22.9. The Hall–Kier alpha value is -3.75. The molecule has 4 heterocycles. The van der Waals surface area contributed by atoms with Crippen molar-refractivity contribution in [3.8, 4) is 0 Å². The van der Waals surface area contributed by atoms with Gasteiger partial charge in [-0.2, -0.15) is 10.2 Å². The maximum atomic E-state index is 6.09. The molecular formula is C25H20ClN7S. The van der Waals surface area contributed by atoms with E-state index >= 15 is 0 Å². The molecule has 0 spiro atoms. The minimum Gasteiger partial charge on any atom is -0.363 e. The summed E-state index contributed by atoms with van der Waals surface area (Å²) in [5.74, 6) is 0.801. The first-order chi connectivity index (χ1) is 16.7. The Labute approximate surface area is 204 Å². The van der Waals surface area contributed by atoms with Crippen LogP contribution in [0.4, 0.5) is 5.82 Å². The zero-order valence-electron chi connectivity index (χ0n) is 18.1. The highest BCUT2D eigenvalue weighted by Crippen LogP contribution is 2.26. The SMILES string of the molecule is Clc1ccc2sc(CNc3nccc4nn(Cc5ccc(Cn6cccn6)cc5)cc34)nc2c1. The second-order valence-corrected chi connectivity index (χ2v) is 9.56. The van der Waals surface area contributed by atoms with E-state index < -0.39 is 0 Å². The molecule has 0 aliphatic rings. The summed E-state index contributed by atoms with van der Waals surface area (Å²) in [7, 11) is 0. The fourth-order valence-corrected chi connectivity index (χ4v) is 4.97. The van der Waals surface area contributed by atoms with E-state index in [0.717, 1.165) is 38.5 Å². The number of rotatable bonds is 7. The first-order valence-electron chi connectivity index (χ1n) is 10.9. The maximum Gasteiger partial charge on any atom is 0.137 e. The molecule has 34 heavy (non-hydrogen) atoms. The van der Waals surface area contributed by atoms with Gasteiger partial charge in [-0.3, -0.25) is 9.36 Å². The third kappa shape index (κ3) is 4.37. The summed E-state index contributed by atoms with van der Waals surface area (Å²) in [6.45, 7) is 2.04. The molecule has 2 aromatic carbocycles. The Kier molecular flexibility index (Phi) is 5.44. The Morgan fingerprint density at radius 2 is 1.74 bits per heavy atom. The monoisotopic (exact) mass is 485 g/mol. The molecule has 1 N–H and O–H groups in total. The van der Waals surface area contributed by atoms with Gasteiger partial charge in [-0.25, -0.2) is 9.97 Å². The number of halogens is 1. The van der Waals surface area contributed by atoms with E-state index in [1.165, 1.54) is 11.1 Å². The molecule has 0 unspecified atom stereocenters. The minimum atomic E-state index is 0.589. The summed E-state index contributed by atoms with van der Waals surface area (Å²) in [5.41, 5.74) is 4.23. The second-order valence-electron chi connectivity index (χ2n) is 8.01. The van der Waals surface area contributed by atoms with Gasteiger partial charge in [0.05, 0.1) is 40.8 Å². The molecule has 0 saturated carbocycles. The van der Waals surface area contributed by atoms with Crippen molar-refractivity contribution in [3.05, 3.63) is 101 Å². The van der Waals surface area contributed by atoms with Crippen LogP contribution in [0.5, 0.6) is 0 Å². The van der Waals surface area contributed by atoms with E-state index in [4.69, 9.17) is 16.7 Å². The number of pyridine rings is 1. The predicted octanol–water partition coefficient (Wildman–Crippen LogP) is 5.60. The number of thiazole rings is 1. The van der Waals surface area contributed by atoms with Gasteiger partial charge in [-0.1, -0.05) is 35.9 Å². The van der Waals surface area contributed by atoms with Crippen molar-refractivity contribution in [1.29, 1.82) is 0 Å². The van der Waals surface area contributed by atoms with Crippen molar-refractivity contribution in [2.75, 3.05) is 5.32 Å². The molecule has 6 aromatic rings. The lowest BCUT2D eigenvalue weighted by atomic mass is 10.1. The molecule has 0 radical (unpaired) electrons. The van der Waals surface area contributed by atoms with Gasteiger partial charge in [0.1, 0.15) is 10.8 Å². The summed E-state index contributed by atoms with van der Waals surface area (Å²) in [6.07, 6.45) is 7.59. The highest BCUT2D eigenvalue weighted by atomic mass is 35.5. The van der Waals surface area contributed by atoms with Crippen molar-refractivity contribution >= 4 is 49.9 Å². The van der Waals surface area contributed by atoms with E-state index in [-0.39, 0.29) is 0 Å². The van der Waals surface area contributed by atoms with Crippen LogP contribution in [-0.2, 0) is 19.6 Å². The van der Waals surface area contributed by atoms with Crippen molar-refractivity contribution < 1.29 is 0 Å². The number of nitrogens with one attached hydrogen (secondary N) is 1. The average molecular weight is 486 g/mol. The highest BCUT2D eigenvalue weighted by molar-refractivity contribution is 7.18. The molecule has 6 rings (SSSR count). The van der Waals surface area contributed by atoms with Crippen LogP contribution in [0.3, 0.4) is 0 Å². The minimum absolute atomic E-state index is 0.589. The van der Waals surface area contributed by atoms with Crippen molar-refractivity contribution in [2.45, 2.75) is 19.6 Å². The number of hydrogen-bond acceptors (Lipinski definition) is 6. The number of hydrogen-bond donors (Lipinski definition) is 1. The lowest BCUT2D eigenvalue weighted by Crippen LogP contribution is -2.02. The molecule has 0 amide bonds. The fraction of sp³-hybridized carbons (Fsp3) is 0.120. The normalized spacial score (nSPS) is 11.4. The molecule has 0 atom stereocenters. The van der Waals surface area contributed by atoms with Gasteiger partial charge >= 0.3 is 0 Å². The van der Waals surface area contributed by atoms with Gasteiger partial charge in [0.25, 0.3) is 0 Å². The maximum absolute atomic E-state index is 6.09. The van der Waals surface area contributed by atoms with Crippen LogP contribution in [0.1, 0.15) is 16.1 Å². The molecule has 7 nitrogen and oxygen atoms in total. The molecule has 0 aliphatic heterocycles. The van der Waals surface area contributed by atoms with Gasteiger partial charge in [0.2, 0.25) is 0 Å². The van der Waals surface area contributed by atoms with Crippen LogP contribution in [-0.4, -0.2) is 29.5 Å². The molecule has 0 bridgehead atoms. The van der Waals surface area contributed by atoms with E-state index in [2.05, 4.69) is 44.6 Å². The molecule has 4 aromatic heterocycles. The van der Waals surface area contributed by atoms with Crippen molar-refractivity contribution in [2.24, 2.45) is 0 Å². The van der Waals surface area contributed by atoms with Crippen molar-refractivity contribution in [1.82, 2.24) is 29.5 Å². The standard InChI is InChI=1S/C25H20ClN7S/c26-19-6-7-23-22(12-19)30-24(34-23)13-28-25-20-16-33(31-21(20)8-10-27-25)15-18-4-2-17(3-5-18)14-32-11-1-9-29-32/h1-12,16H,13-15H2,(H,27,28). The average Bonchev–Trinajstić information content (AvgIpc) is 3.58. The number of benzene rings is 2. The smallest absolute Gasteiger partial charge is 0.137 e. The molecule has 0 aliphatic carbocycles. The van der Waals surface area contributed by atoms with Crippen LogP contribution in [0.25, 0.3) is 21.1 Å². The van der Waals surface area contributed by atoms with Gasteiger partial charge in [-0.15, -0.1) is 11.3 Å². The lowest BCUT2D eigenvalue weighted by molar-refractivity contribution is 0.682. The summed E-state index contributed by atoms with van der Waals surface area (Å²) in [4.78, 5) is 9.22. The summed E-state index contributed by atoms with van der Waals surface area (Å²) in [5, 5.41) is 15.1. The quantitative estimate of drug-likeness (QED) is 0.318. The number of nitrogens with zero attached hydrogens (tertiary/aromatic N) is 6. The zero-order valence-corrected chi connectivity index (χ0v) is 19.7. The van der Waals surface area contributed by atoms with Crippen LogP contribution in [0.2, 0.25) is 5.02 Å².